The van der Waals surface area contributed by atoms with Crippen LogP contribution in [0.4, 0.5) is 0 Å². The highest BCUT2D eigenvalue weighted by atomic mass is 16.5. The molecule has 0 fully saturated rings. The van der Waals surface area contributed by atoms with Crippen molar-refractivity contribution in [2.45, 2.75) is 33.8 Å². The van der Waals surface area contributed by atoms with Crippen LogP contribution in [0.15, 0.2) is 30.8 Å². The highest BCUT2D eigenvalue weighted by Gasteiger charge is 2.04. The second kappa shape index (κ2) is 5.01. The van der Waals surface area contributed by atoms with E-state index in [9.17, 15) is 0 Å². The molecule has 1 aromatic rings. The molecule has 1 rings (SSSR count). The molecule has 0 saturated heterocycles. The zero-order chi connectivity index (χ0) is 11.4. The average Bonchev–Trinajstić information content (AvgIpc) is 2.17. The quantitative estimate of drug-likeness (QED) is 0.716. The normalized spacial score (nSPS) is 10.8. The summed E-state index contributed by atoms with van der Waals surface area (Å²) >= 11 is 0. The molecule has 0 radical (unpaired) electrons. The molecule has 1 nitrogen and oxygen atoms in total. The minimum atomic E-state index is 0.226. The molecule has 1 aromatic carbocycles. The van der Waals surface area contributed by atoms with Crippen LogP contribution in [0.5, 0.6) is 5.75 Å². The number of ether oxygens (including phenoxy) is 1. The summed E-state index contributed by atoms with van der Waals surface area (Å²) in [6.45, 7) is 12.4. The third-order valence-corrected chi connectivity index (χ3v) is 2.29. The summed E-state index contributed by atoms with van der Waals surface area (Å²) in [6.07, 6.45) is 0.226. The van der Waals surface area contributed by atoms with E-state index >= 15 is 0 Å². The standard InChI is InChI=1S/C14H20O/c1-10(2)12(5)13-6-8-14(9-7-13)15-11(3)4/h6-11H,5H2,1-4H3. The van der Waals surface area contributed by atoms with Gasteiger partial charge in [0.25, 0.3) is 0 Å². The first kappa shape index (κ1) is 11.8. The zero-order valence-electron chi connectivity index (χ0n) is 10.1. The van der Waals surface area contributed by atoms with E-state index in [-0.39, 0.29) is 6.10 Å². The van der Waals surface area contributed by atoms with Gasteiger partial charge in [-0.3, -0.25) is 0 Å². The lowest BCUT2D eigenvalue weighted by Crippen LogP contribution is -2.05. The molecule has 0 aliphatic carbocycles. The fourth-order valence-corrected chi connectivity index (χ4v) is 1.35. The van der Waals surface area contributed by atoms with Gasteiger partial charge in [0.1, 0.15) is 5.75 Å². The molecule has 0 bridgehead atoms. The van der Waals surface area contributed by atoms with Gasteiger partial charge in [0.15, 0.2) is 0 Å². The Morgan fingerprint density at radius 3 is 2.00 bits per heavy atom. The van der Waals surface area contributed by atoms with Crippen molar-refractivity contribution < 1.29 is 4.74 Å². The maximum Gasteiger partial charge on any atom is 0.119 e. The number of allylic oxidation sites excluding steroid dienone is 1. The van der Waals surface area contributed by atoms with Crippen LogP contribution < -0.4 is 4.74 Å². The van der Waals surface area contributed by atoms with Gasteiger partial charge in [0.2, 0.25) is 0 Å². The number of hydrogen-bond donors (Lipinski definition) is 0. The van der Waals surface area contributed by atoms with Crippen LogP contribution in [0.2, 0.25) is 0 Å². The summed E-state index contributed by atoms with van der Waals surface area (Å²) in [7, 11) is 0. The largest absolute Gasteiger partial charge is 0.491 e. The Labute approximate surface area is 92.8 Å². The summed E-state index contributed by atoms with van der Waals surface area (Å²) < 4.78 is 5.58. The molecular weight excluding hydrogens is 184 g/mol. The van der Waals surface area contributed by atoms with E-state index in [2.05, 4.69) is 32.6 Å². The second-order valence-electron chi connectivity index (χ2n) is 4.37. The number of hydrogen-bond acceptors (Lipinski definition) is 1. The highest BCUT2D eigenvalue weighted by molar-refractivity contribution is 5.65. The molecule has 0 amide bonds. The molecule has 0 spiro atoms. The van der Waals surface area contributed by atoms with E-state index in [0.717, 1.165) is 5.75 Å². The van der Waals surface area contributed by atoms with Crippen LogP contribution in [-0.2, 0) is 0 Å². The smallest absolute Gasteiger partial charge is 0.119 e. The molecule has 0 N–H and O–H groups in total. The lowest BCUT2D eigenvalue weighted by molar-refractivity contribution is 0.242. The van der Waals surface area contributed by atoms with E-state index in [1.807, 2.05) is 26.0 Å². The molecule has 82 valence electrons. The Hall–Kier alpha value is -1.24. The predicted octanol–water partition coefficient (Wildman–Crippen LogP) is 4.14. The number of rotatable bonds is 4. The average molecular weight is 204 g/mol. The molecule has 1 heteroatoms. The molecule has 15 heavy (non-hydrogen) atoms. The molecule has 0 heterocycles. The second-order valence-corrected chi connectivity index (χ2v) is 4.37. The Bertz CT molecular complexity index is 320. The van der Waals surface area contributed by atoms with Gasteiger partial charge in [0.05, 0.1) is 6.10 Å². The van der Waals surface area contributed by atoms with Gasteiger partial charge in [-0.25, -0.2) is 0 Å². The van der Waals surface area contributed by atoms with Crippen LogP contribution in [0.1, 0.15) is 33.3 Å². The van der Waals surface area contributed by atoms with Crippen LogP contribution >= 0.6 is 0 Å². The van der Waals surface area contributed by atoms with Crippen molar-refractivity contribution >= 4 is 5.57 Å². The first-order valence-corrected chi connectivity index (χ1v) is 5.46. The van der Waals surface area contributed by atoms with E-state index in [1.165, 1.54) is 11.1 Å². The topological polar surface area (TPSA) is 9.23 Å². The van der Waals surface area contributed by atoms with E-state index in [0.29, 0.717) is 5.92 Å². The van der Waals surface area contributed by atoms with Crippen LogP contribution in [-0.4, -0.2) is 6.10 Å². The van der Waals surface area contributed by atoms with Crippen molar-refractivity contribution in [3.05, 3.63) is 36.4 Å². The highest BCUT2D eigenvalue weighted by Crippen LogP contribution is 2.23. The van der Waals surface area contributed by atoms with E-state index in [1.54, 1.807) is 0 Å². The van der Waals surface area contributed by atoms with E-state index in [4.69, 9.17) is 4.74 Å². The number of benzene rings is 1. The van der Waals surface area contributed by atoms with E-state index < -0.39 is 0 Å². The fourth-order valence-electron chi connectivity index (χ4n) is 1.35. The van der Waals surface area contributed by atoms with Gasteiger partial charge in [0, 0.05) is 0 Å². The SMILES string of the molecule is C=C(c1ccc(OC(C)C)cc1)C(C)C. The monoisotopic (exact) mass is 204 g/mol. The lowest BCUT2D eigenvalue weighted by Gasteiger charge is -2.12. The summed E-state index contributed by atoms with van der Waals surface area (Å²) in [5, 5.41) is 0. The third kappa shape index (κ3) is 3.43. The summed E-state index contributed by atoms with van der Waals surface area (Å²) in [6, 6.07) is 8.14. The van der Waals surface area contributed by atoms with Gasteiger partial charge in [-0.05, 0) is 43.0 Å². The first-order valence-electron chi connectivity index (χ1n) is 5.46. The first-order chi connectivity index (χ1) is 7.00. The molecule has 0 atom stereocenters. The Morgan fingerprint density at radius 1 is 1.07 bits per heavy atom. The van der Waals surface area contributed by atoms with Gasteiger partial charge in [-0.1, -0.05) is 32.6 Å². The predicted molar refractivity (Wildman–Crippen MR) is 66.1 cm³/mol. The van der Waals surface area contributed by atoms with Crippen molar-refractivity contribution in [2.75, 3.05) is 0 Å². The van der Waals surface area contributed by atoms with Gasteiger partial charge >= 0.3 is 0 Å². The van der Waals surface area contributed by atoms with Crippen molar-refractivity contribution in [1.82, 2.24) is 0 Å². The molecule has 0 saturated carbocycles. The van der Waals surface area contributed by atoms with Crippen molar-refractivity contribution in [3.8, 4) is 5.75 Å². The Balaban J connectivity index is 2.76. The minimum absolute atomic E-state index is 0.226. The lowest BCUT2D eigenvalue weighted by atomic mass is 9.97. The van der Waals surface area contributed by atoms with Crippen LogP contribution in [0.3, 0.4) is 0 Å². The third-order valence-electron chi connectivity index (χ3n) is 2.29. The van der Waals surface area contributed by atoms with Gasteiger partial charge in [-0.2, -0.15) is 0 Å². The molecule has 0 aliphatic rings. The Kier molecular flexibility index (Phi) is 3.96. The van der Waals surface area contributed by atoms with Crippen LogP contribution in [0, 0.1) is 5.92 Å². The van der Waals surface area contributed by atoms with Crippen LogP contribution in [0.25, 0.3) is 5.57 Å². The van der Waals surface area contributed by atoms with Crippen molar-refractivity contribution in [3.63, 3.8) is 0 Å². The molecular formula is C14H20O. The zero-order valence-corrected chi connectivity index (χ0v) is 10.1. The Morgan fingerprint density at radius 2 is 1.60 bits per heavy atom. The summed E-state index contributed by atoms with van der Waals surface area (Å²) in [4.78, 5) is 0. The molecule has 0 aliphatic heterocycles. The fraction of sp³-hybridized carbons (Fsp3) is 0.429. The maximum atomic E-state index is 5.58. The molecule has 0 unspecified atom stereocenters. The molecule has 0 aromatic heterocycles. The van der Waals surface area contributed by atoms with Crippen molar-refractivity contribution in [1.29, 1.82) is 0 Å². The summed E-state index contributed by atoms with van der Waals surface area (Å²) in [5.41, 5.74) is 2.37. The van der Waals surface area contributed by atoms with Crippen molar-refractivity contribution in [2.24, 2.45) is 5.92 Å². The maximum absolute atomic E-state index is 5.58. The minimum Gasteiger partial charge on any atom is -0.491 e. The van der Waals surface area contributed by atoms with Gasteiger partial charge < -0.3 is 4.74 Å². The summed E-state index contributed by atoms with van der Waals surface area (Å²) in [5.74, 6) is 1.41. The van der Waals surface area contributed by atoms with Gasteiger partial charge in [-0.15, -0.1) is 0 Å².